The molecular weight excluding hydrogens is 635 g/mol. The van der Waals surface area contributed by atoms with Crippen molar-refractivity contribution in [1.82, 2.24) is 23.8 Å². The predicted octanol–water partition coefficient (Wildman–Crippen LogP) is 4.60. The van der Waals surface area contributed by atoms with E-state index in [9.17, 15) is 19.1 Å². The molecule has 3 saturated heterocycles. The lowest BCUT2D eigenvalue weighted by molar-refractivity contribution is -0.0123. The first-order valence-electron chi connectivity index (χ1n) is 15.2. The van der Waals surface area contributed by atoms with Crippen molar-refractivity contribution in [3.63, 3.8) is 0 Å². The molecule has 0 amide bonds. The summed E-state index contributed by atoms with van der Waals surface area (Å²) in [6, 6.07) is 5.32. The number of aryl methyl sites for hydroxylation is 1. The first kappa shape index (κ1) is 29.7. The van der Waals surface area contributed by atoms with E-state index in [1.54, 1.807) is 13.0 Å². The van der Waals surface area contributed by atoms with Gasteiger partial charge >= 0.3 is 6.01 Å². The fourth-order valence-corrected chi connectivity index (χ4v) is 9.44. The maximum Gasteiger partial charge on any atom is 0.320 e. The van der Waals surface area contributed by atoms with E-state index in [4.69, 9.17) is 29.5 Å². The molecule has 5 aromatic rings. The molecule has 15 heteroatoms. The van der Waals surface area contributed by atoms with Gasteiger partial charge in [0.25, 0.3) is 0 Å². The molecule has 0 unspecified atom stereocenters. The molecule has 11 nitrogen and oxygen atoms in total. The lowest BCUT2D eigenvalue weighted by Crippen LogP contribution is -2.44. The molecule has 46 heavy (non-hydrogen) atoms. The molecule has 3 atom stereocenters. The number of benzene rings is 1. The van der Waals surface area contributed by atoms with Crippen LogP contribution in [-0.4, -0.2) is 92.2 Å². The average Bonchev–Trinajstić information content (AvgIpc) is 3.79. The minimum absolute atomic E-state index is 0.167. The number of nitrogen functional groups attached to an aromatic ring is 1. The molecule has 8 rings (SSSR count). The summed E-state index contributed by atoms with van der Waals surface area (Å²) in [5.74, 6) is 0.122. The molecule has 0 radical (unpaired) electrons. The number of aliphatic hydroxyl groups is 1. The predicted molar refractivity (Wildman–Crippen MR) is 174 cm³/mol. The number of aromatic nitrogens is 4. The Hall–Kier alpha value is -3.68. The number of nitrogens with zero attached hydrogens (tertiary/aromatic N) is 7. The van der Waals surface area contributed by atoms with Crippen LogP contribution in [-0.2, 0) is 11.8 Å². The SMILES string of the molecule is Cn1c2nc(OC[C@@]34CCCN3C[C@H](F)C4)nc(N3CCOC[C@@](C)(O)C3)c2c2snc(-c3ccc(F)c4sc(N)c(C#N)c34)c21. The van der Waals surface area contributed by atoms with Gasteiger partial charge in [-0.3, -0.25) is 4.90 Å². The van der Waals surface area contributed by atoms with Crippen LogP contribution < -0.4 is 15.4 Å². The van der Waals surface area contributed by atoms with Crippen molar-refractivity contribution in [3.05, 3.63) is 23.5 Å². The topological polar surface area (TPSA) is 139 Å². The first-order chi connectivity index (χ1) is 22.1. The van der Waals surface area contributed by atoms with Gasteiger partial charge in [0.05, 0.1) is 51.2 Å². The summed E-state index contributed by atoms with van der Waals surface area (Å²) in [7, 11) is 1.88. The van der Waals surface area contributed by atoms with Crippen LogP contribution in [0, 0.1) is 17.1 Å². The van der Waals surface area contributed by atoms with E-state index in [1.165, 1.54) is 17.6 Å². The summed E-state index contributed by atoms with van der Waals surface area (Å²) in [6.45, 7) is 4.58. The largest absolute Gasteiger partial charge is 0.461 e. The van der Waals surface area contributed by atoms with Gasteiger partial charge in [0.1, 0.15) is 46.8 Å². The van der Waals surface area contributed by atoms with Gasteiger partial charge in [0.2, 0.25) is 0 Å². The third-order valence-electron chi connectivity index (χ3n) is 9.56. The smallest absolute Gasteiger partial charge is 0.320 e. The third-order valence-corrected chi connectivity index (χ3v) is 11.4. The molecule has 7 heterocycles. The van der Waals surface area contributed by atoms with E-state index in [0.717, 1.165) is 46.3 Å². The van der Waals surface area contributed by atoms with Crippen LogP contribution in [0.5, 0.6) is 6.01 Å². The van der Waals surface area contributed by atoms with Crippen molar-refractivity contribution >= 4 is 65.0 Å². The van der Waals surface area contributed by atoms with Gasteiger partial charge in [-0.05, 0) is 50.0 Å². The summed E-state index contributed by atoms with van der Waals surface area (Å²) in [4.78, 5) is 14.0. The summed E-state index contributed by atoms with van der Waals surface area (Å²) in [5, 5.41) is 22.4. The molecule has 4 aromatic heterocycles. The normalized spacial score (nSPS) is 25.5. The molecule has 3 fully saturated rings. The second-order valence-corrected chi connectivity index (χ2v) is 14.7. The molecule has 0 aliphatic carbocycles. The van der Waals surface area contributed by atoms with Crippen molar-refractivity contribution in [2.75, 3.05) is 56.6 Å². The fourth-order valence-electron chi connectivity index (χ4n) is 7.53. The zero-order valence-corrected chi connectivity index (χ0v) is 27.0. The standard InChI is InChI=1S/C31H32F2N8O3S2/c1-30(42)13-40(8-9-43-14-30)28-21-25-23(22(38-46-25)17-4-5-19(33)24-20(17)18(11-34)26(35)45-24)39(2)27(21)36-29(37-28)44-15-31-6-3-7-41(31)12-16(32)10-31/h4-5,16,42H,3,6-10,12-15,35H2,1-2H3/t16-,30+,31+/m1/s1. The summed E-state index contributed by atoms with van der Waals surface area (Å²) < 4.78 is 49.3. The molecule has 3 N–H and O–H groups in total. The van der Waals surface area contributed by atoms with Gasteiger partial charge in [0.15, 0.2) is 5.65 Å². The van der Waals surface area contributed by atoms with E-state index < -0.39 is 17.6 Å². The van der Waals surface area contributed by atoms with Crippen LogP contribution in [0.1, 0.15) is 31.7 Å². The van der Waals surface area contributed by atoms with Crippen molar-refractivity contribution in [2.24, 2.45) is 7.05 Å². The second kappa shape index (κ2) is 10.7. The number of nitriles is 1. The van der Waals surface area contributed by atoms with Gasteiger partial charge in [0, 0.05) is 37.5 Å². The van der Waals surface area contributed by atoms with Crippen molar-refractivity contribution < 1.29 is 23.4 Å². The number of fused-ring (bicyclic) bond motifs is 5. The molecule has 3 aliphatic rings. The third kappa shape index (κ3) is 4.53. The van der Waals surface area contributed by atoms with Crippen LogP contribution in [0.15, 0.2) is 12.1 Å². The summed E-state index contributed by atoms with van der Waals surface area (Å²) in [5.41, 5.74) is 7.35. The minimum atomic E-state index is -1.13. The summed E-state index contributed by atoms with van der Waals surface area (Å²) >= 11 is 2.31. The highest BCUT2D eigenvalue weighted by Crippen LogP contribution is 2.46. The Kier molecular flexibility index (Phi) is 6.89. The van der Waals surface area contributed by atoms with Gasteiger partial charge in [-0.25, -0.2) is 8.78 Å². The molecule has 0 bridgehead atoms. The highest BCUT2D eigenvalue weighted by atomic mass is 32.1. The van der Waals surface area contributed by atoms with E-state index in [-0.39, 0.29) is 41.9 Å². The molecular formula is C31H32F2N8O3S2. The van der Waals surface area contributed by atoms with Crippen LogP contribution >= 0.6 is 22.9 Å². The van der Waals surface area contributed by atoms with Crippen molar-refractivity contribution in [2.45, 2.75) is 43.5 Å². The highest BCUT2D eigenvalue weighted by molar-refractivity contribution is 7.23. The number of halogens is 2. The number of β-amino-alcohol motifs (C(OH)–C–C–N with tert-alkyl or cyclic N) is 1. The fraction of sp³-hybridized carbons (Fsp3) is 0.484. The zero-order chi connectivity index (χ0) is 32.0. The maximum absolute atomic E-state index is 14.9. The zero-order valence-electron chi connectivity index (χ0n) is 25.3. The average molecular weight is 667 g/mol. The van der Waals surface area contributed by atoms with E-state index in [1.807, 2.05) is 16.5 Å². The second-order valence-electron chi connectivity index (χ2n) is 12.9. The molecule has 0 saturated carbocycles. The maximum atomic E-state index is 14.9. The van der Waals surface area contributed by atoms with Crippen molar-refractivity contribution in [3.8, 4) is 23.3 Å². The van der Waals surface area contributed by atoms with Crippen LogP contribution in [0.2, 0.25) is 0 Å². The number of hydrogen-bond acceptors (Lipinski definition) is 12. The van der Waals surface area contributed by atoms with Crippen LogP contribution in [0.4, 0.5) is 19.6 Å². The number of alkyl halides is 1. The first-order valence-corrected chi connectivity index (χ1v) is 16.8. The molecule has 1 aromatic carbocycles. The number of anilines is 2. The van der Waals surface area contributed by atoms with Gasteiger partial charge in [-0.15, -0.1) is 11.3 Å². The molecule has 240 valence electrons. The lowest BCUT2D eigenvalue weighted by Gasteiger charge is -2.31. The highest BCUT2D eigenvalue weighted by Gasteiger charge is 2.49. The Morgan fingerprint density at radius 3 is 2.93 bits per heavy atom. The van der Waals surface area contributed by atoms with E-state index in [0.29, 0.717) is 58.9 Å². The lowest BCUT2D eigenvalue weighted by atomic mass is 9.95. The van der Waals surface area contributed by atoms with Crippen LogP contribution in [0.25, 0.3) is 42.6 Å². The number of ether oxygens (including phenoxy) is 2. The Balaban J connectivity index is 1.31. The Labute approximate surface area is 270 Å². The number of nitrogens with two attached hydrogens (primary N) is 1. The quantitative estimate of drug-likeness (QED) is 0.274. The summed E-state index contributed by atoms with van der Waals surface area (Å²) in [6.07, 6.45) is 1.39. The van der Waals surface area contributed by atoms with Crippen molar-refractivity contribution in [1.29, 1.82) is 5.26 Å². The number of hydrogen-bond donors (Lipinski definition) is 2. The molecule has 3 aliphatic heterocycles. The number of thiophene rings is 1. The Morgan fingerprint density at radius 2 is 2.11 bits per heavy atom. The van der Waals surface area contributed by atoms with Gasteiger partial charge in [-0.1, -0.05) is 0 Å². The minimum Gasteiger partial charge on any atom is -0.461 e. The molecule has 0 spiro atoms. The Bertz CT molecular complexity index is 2070. The van der Waals surface area contributed by atoms with Gasteiger partial charge in [-0.2, -0.15) is 19.6 Å². The van der Waals surface area contributed by atoms with Gasteiger partial charge < -0.3 is 29.8 Å². The Morgan fingerprint density at radius 1 is 1.26 bits per heavy atom. The number of rotatable bonds is 5. The van der Waals surface area contributed by atoms with Crippen LogP contribution in [0.3, 0.4) is 0 Å². The monoisotopic (exact) mass is 666 g/mol. The van der Waals surface area contributed by atoms with E-state index >= 15 is 0 Å². The van der Waals surface area contributed by atoms with E-state index in [2.05, 4.69) is 11.0 Å².